The number of aliphatic hydroxyl groups is 1. The van der Waals surface area contributed by atoms with E-state index in [1.807, 2.05) is 26.8 Å². The second kappa shape index (κ2) is 15.9. The van der Waals surface area contributed by atoms with Crippen molar-refractivity contribution in [2.75, 3.05) is 33.2 Å². The third kappa shape index (κ3) is 8.88. The third-order valence-corrected chi connectivity index (χ3v) is 10.5. The maximum Gasteiger partial charge on any atom is 0.409 e. The number of halogens is 1. The van der Waals surface area contributed by atoms with Gasteiger partial charge in [-0.15, -0.1) is 0 Å². The summed E-state index contributed by atoms with van der Waals surface area (Å²) in [6.45, 7) is 10.8. The molecule has 3 aliphatic rings. The first-order chi connectivity index (χ1) is 23.8. The van der Waals surface area contributed by atoms with E-state index in [-0.39, 0.29) is 36.1 Å². The molecule has 1 aromatic rings. The highest BCUT2D eigenvalue weighted by Crippen LogP contribution is 2.49. The van der Waals surface area contributed by atoms with Crippen LogP contribution in [0.3, 0.4) is 0 Å². The van der Waals surface area contributed by atoms with E-state index in [4.69, 9.17) is 35.3 Å². The number of esters is 1. The van der Waals surface area contributed by atoms with E-state index in [9.17, 15) is 24.3 Å². The van der Waals surface area contributed by atoms with Crippen LogP contribution < -0.4 is 15.0 Å². The number of carbonyl (C=O) groups is 4. The van der Waals surface area contributed by atoms with Gasteiger partial charge in [-0.25, -0.2) is 9.59 Å². The number of allylic oxidation sites excluding steroid dienone is 3. The minimum atomic E-state index is -1.82. The van der Waals surface area contributed by atoms with Gasteiger partial charge in [0.2, 0.25) is 11.8 Å². The minimum Gasteiger partial charge on any atom is -0.495 e. The van der Waals surface area contributed by atoms with E-state index in [1.54, 1.807) is 52.1 Å². The number of methoxy groups -OCH3 is 2. The van der Waals surface area contributed by atoms with E-state index < -0.39 is 65.7 Å². The van der Waals surface area contributed by atoms with Crippen molar-refractivity contribution in [2.45, 2.75) is 109 Å². The van der Waals surface area contributed by atoms with Gasteiger partial charge in [0.05, 0.1) is 25.3 Å². The Hall–Kier alpha value is -3.65. The van der Waals surface area contributed by atoms with Crippen LogP contribution in [0.25, 0.3) is 0 Å². The minimum absolute atomic E-state index is 0.0442. The lowest BCUT2D eigenvalue weighted by atomic mass is 9.83. The Labute approximate surface area is 305 Å². The number of alkyl carbamates (subject to hydrolysis) is 1. The summed E-state index contributed by atoms with van der Waals surface area (Å²) in [6, 6.07) is 2.64. The summed E-state index contributed by atoms with van der Waals surface area (Å²) in [7, 11) is 6.04. The summed E-state index contributed by atoms with van der Waals surface area (Å²) < 4.78 is 29.2. The summed E-state index contributed by atoms with van der Waals surface area (Å²) in [6.07, 6.45) is 1.26. The predicted molar refractivity (Wildman–Crippen MR) is 190 cm³/mol. The molecule has 51 heavy (non-hydrogen) atoms. The van der Waals surface area contributed by atoms with E-state index in [0.717, 1.165) is 11.1 Å². The number of carbonyl (C=O) groups excluding carboxylic acids is 4. The molecule has 3 amide bonds. The van der Waals surface area contributed by atoms with Crippen molar-refractivity contribution >= 4 is 41.2 Å². The number of anilines is 1. The Balaban J connectivity index is 1.77. The first-order valence-corrected chi connectivity index (χ1v) is 17.6. The molecular weight excluding hydrogens is 682 g/mol. The van der Waals surface area contributed by atoms with E-state index in [2.05, 4.69) is 5.32 Å². The van der Waals surface area contributed by atoms with Crippen LogP contribution in [0.15, 0.2) is 35.9 Å². The van der Waals surface area contributed by atoms with Crippen LogP contribution in [0.1, 0.15) is 66.4 Å². The van der Waals surface area contributed by atoms with Crippen LogP contribution in [0.5, 0.6) is 5.75 Å². The molecule has 13 nitrogen and oxygen atoms in total. The molecule has 4 rings (SSSR count). The molecule has 0 aliphatic carbocycles. The Morgan fingerprint density at radius 3 is 2.53 bits per heavy atom. The number of fused-ring (bicyclic) bond motifs is 5. The monoisotopic (exact) mass is 733 g/mol. The molecule has 3 aliphatic heterocycles. The van der Waals surface area contributed by atoms with Gasteiger partial charge < -0.3 is 38.6 Å². The molecule has 8 atom stereocenters. The number of nitrogens with one attached hydrogen (secondary N) is 1. The molecule has 14 heteroatoms. The summed E-state index contributed by atoms with van der Waals surface area (Å²) in [4.78, 5) is 56.1. The fraction of sp³-hybridized carbons (Fsp3) is 0.622. The predicted octanol–water partition coefficient (Wildman–Crippen LogP) is 4.56. The summed E-state index contributed by atoms with van der Waals surface area (Å²) in [5.74, 6) is -1.41. The number of ether oxygens (including phenoxy) is 5. The molecule has 1 aromatic carbocycles. The summed E-state index contributed by atoms with van der Waals surface area (Å²) in [5.41, 5.74) is -0.878. The van der Waals surface area contributed by atoms with Crippen molar-refractivity contribution < 1.29 is 48.0 Å². The number of rotatable bonds is 7. The van der Waals surface area contributed by atoms with Crippen molar-refractivity contribution in [2.24, 2.45) is 11.8 Å². The zero-order chi connectivity index (χ0) is 38.0. The van der Waals surface area contributed by atoms with E-state index in [0.29, 0.717) is 17.9 Å². The SMILES string of the molecule is COc1cc2cc(c1Cl)N(C)C(=O)C[C@H](OC(=O)[C@H](C)N(C)C(=O)CC(C)C)[C@@]1(C)O[C@H]1[C@H](C)[C@@H]1C[C@@](O)(NC(=O)O1)[C@H](OC)C=CC=C(C)C2. The maximum atomic E-state index is 14.1. The summed E-state index contributed by atoms with van der Waals surface area (Å²) in [5, 5.41) is 14.5. The van der Waals surface area contributed by atoms with Crippen molar-refractivity contribution in [1.82, 2.24) is 10.2 Å². The first-order valence-electron chi connectivity index (χ1n) is 17.2. The lowest BCUT2D eigenvalue weighted by molar-refractivity contribution is -0.162. The quantitative estimate of drug-likeness (QED) is 0.301. The van der Waals surface area contributed by atoms with Gasteiger partial charge in [0.15, 0.2) is 5.72 Å². The van der Waals surface area contributed by atoms with Gasteiger partial charge in [0, 0.05) is 40.0 Å². The van der Waals surface area contributed by atoms with Gasteiger partial charge in [-0.3, -0.25) is 14.9 Å². The van der Waals surface area contributed by atoms with Crippen molar-refractivity contribution in [1.29, 1.82) is 0 Å². The van der Waals surface area contributed by atoms with Gasteiger partial charge >= 0.3 is 12.1 Å². The van der Waals surface area contributed by atoms with E-state index in [1.165, 1.54) is 31.1 Å². The van der Waals surface area contributed by atoms with Crippen LogP contribution in [0.2, 0.25) is 5.02 Å². The molecular formula is C37H52ClN3O10. The summed E-state index contributed by atoms with van der Waals surface area (Å²) >= 11 is 6.75. The van der Waals surface area contributed by atoms with Crippen LogP contribution in [-0.4, -0.2) is 104 Å². The molecule has 0 unspecified atom stereocenters. The fourth-order valence-electron chi connectivity index (χ4n) is 6.71. The lowest BCUT2D eigenvalue weighted by Gasteiger charge is -2.42. The van der Waals surface area contributed by atoms with Crippen molar-refractivity contribution in [3.63, 3.8) is 0 Å². The number of hydrogen-bond donors (Lipinski definition) is 2. The topological polar surface area (TPSA) is 156 Å². The largest absolute Gasteiger partial charge is 0.495 e. The lowest BCUT2D eigenvalue weighted by Crippen LogP contribution is -2.63. The molecule has 2 N–H and O–H groups in total. The molecule has 0 radical (unpaired) electrons. The Morgan fingerprint density at radius 1 is 1.22 bits per heavy atom. The first kappa shape index (κ1) is 40.1. The number of hydrogen-bond acceptors (Lipinski definition) is 10. The van der Waals surface area contributed by atoms with Crippen LogP contribution in [0, 0.1) is 11.8 Å². The average molecular weight is 734 g/mol. The Bertz CT molecular complexity index is 1560. The maximum absolute atomic E-state index is 14.1. The Kier molecular flexibility index (Phi) is 12.5. The molecule has 0 saturated carbocycles. The molecule has 282 valence electrons. The van der Waals surface area contributed by atoms with Gasteiger partial charge in [-0.2, -0.15) is 0 Å². The smallest absolute Gasteiger partial charge is 0.409 e. The Morgan fingerprint density at radius 2 is 1.90 bits per heavy atom. The van der Waals surface area contributed by atoms with E-state index >= 15 is 0 Å². The molecule has 3 heterocycles. The van der Waals surface area contributed by atoms with Crippen molar-refractivity contribution in [3.05, 3.63) is 46.5 Å². The molecule has 0 spiro atoms. The number of likely N-dealkylation sites (N-methyl/N-ethyl adjacent to an activating group) is 1. The molecule has 4 bridgehead atoms. The normalized spacial score (nSPS) is 30.4. The zero-order valence-electron chi connectivity index (χ0n) is 31.2. The highest BCUT2D eigenvalue weighted by atomic mass is 35.5. The highest BCUT2D eigenvalue weighted by Gasteiger charge is 2.64. The van der Waals surface area contributed by atoms with Crippen molar-refractivity contribution in [3.8, 4) is 5.75 Å². The van der Waals surface area contributed by atoms with Gasteiger partial charge in [0.25, 0.3) is 0 Å². The van der Waals surface area contributed by atoms with Gasteiger partial charge in [-0.1, -0.05) is 56.2 Å². The standard InChI is InChI=1S/C37H52ClN3O10/c1-20(2)14-30(42)40(7)23(5)34(44)50-29-18-31(43)41(8)25-16-24(17-26(47-9)32(25)38)15-21(3)12-11-13-28(48-10)37(46)19-27(49-35(45)39-37)22(4)33-36(29,6)51-33/h11-13,16-17,20,22-23,27-29,33,46H,14-15,18-19H2,1-10H3,(H,39,45)/t22-,23+,27+,28-,29+,33+,36-,37+/m1/s1. The van der Waals surface area contributed by atoms with Crippen LogP contribution in [0.4, 0.5) is 10.5 Å². The zero-order valence-corrected chi connectivity index (χ0v) is 31.9. The number of amides is 3. The molecule has 2 saturated heterocycles. The number of nitrogens with zero attached hydrogens (tertiary/aromatic N) is 2. The second-order valence-electron chi connectivity index (χ2n) is 14.5. The number of epoxide rings is 1. The average Bonchev–Trinajstić information content (AvgIpc) is 3.76. The molecule has 0 aromatic heterocycles. The van der Waals surface area contributed by atoms with Gasteiger partial charge in [0.1, 0.15) is 40.7 Å². The van der Waals surface area contributed by atoms with Gasteiger partial charge in [-0.05, 0) is 50.8 Å². The fourth-order valence-corrected chi connectivity index (χ4v) is 7.02. The number of benzene rings is 1. The van der Waals surface area contributed by atoms with Crippen LogP contribution in [-0.2, 0) is 39.8 Å². The molecule has 2 fully saturated rings. The second-order valence-corrected chi connectivity index (χ2v) is 14.9. The van der Waals surface area contributed by atoms with Crippen LogP contribution >= 0.6 is 11.6 Å². The highest BCUT2D eigenvalue weighted by molar-refractivity contribution is 6.35. The third-order valence-electron chi connectivity index (χ3n) is 10.1.